The van der Waals surface area contributed by atoms with E-state index in [1.165, 1.54) is 4.90 Å². The largest absolute Gasteiger partial charge is 0.496 e. The van der Waals surface area contributed by atoms with Gasteiger partial charge in [0.25, 0.3) is 5.91 Å². The summed E-state index contributed by atoms with van der Waals surface area (Å²) in [4.78, 5) is 28.7. The topological polar surface area (TPSA) is 49.9 Å². The second-order valence-corrected chi connectivity index (χ2v) is 7.20. The zero-order valence-corrected chi connectivity index (χ0v) is 15.1. The Morgan fingerprint density at radius 1 is 1.22 bits per heavy atom. The van der Waals surface area contributed by atoms with Crippen LogP contribution in [0.5, 0.6) is 5.75 Å². The van der Waals surface area contributed by atoms with Gasteiger partial charge in [-0.25, -0.2) is 4.79 Å². The van der Waals surface area contributed by atoms with Crippen molar-refractivity contribution in [3.8, 4) is 5.75 Å². The van der Waals surface area contributed by atoms with Gasteiger partial charge in [0, 0.05) is 17.1 Å². The van der Waals surface area contributed by atoms with Crippen LogP contribution in [0, 0.1) is 0 Å². The van der Waals surface area contributed by atoms with E-state index in [2.05, 4.69) is 15.9 Å². The standard InChI is InChI=1S/C17H21BrN2O3/c1-19-16(22)20(15(21)17(19)8-4-3-5-9-17)11-12-10-13(18)6-7-14(12)23-2/h6-7,10H,3-5,8-9,11H2,1-2H3. The fourth-order valence-electron chi connectivity index (χ4n) is 3.71. The van der Waals surface area contributed by atoms with Crippen LogP contribution in [0.3, 0.4) is 0 Å². The van der Waals surface area contributed by atoms with Crippen LogP contribution in [0.1, 0.15) is 37.7 Å². The number of urea groups is 1. The number of hydrogen-bond acceptors (Lipinski definition) is 3. The van der Waals surface area contributed by atoms with Crippen LogP contribution >= 0.6 is 15.9 Å². The Bertz CT molecular complexity index is 641. The molecule has 1 aliphatic carbocycles. The summed E-state index contributed by atoms with van der Waals surface area (Å²) in [5.74, 6) is 0.618. The third-order valence-corrected chi connectivity index (χ3v) is 5.55. The van der Waals surface area contributed by atoms with Crippen molar-refractivity contribution < 1.29 is 14.3 Å². The lowest BCUT2D eigenvalue weighted by atomic mass is 9.80. The van der Waals surface area contributed by atoms with Gasteiger partial charge >= 0.3 is 6.03 Å². The van der Waals surface area contributed by atoms with Gasteiger partial charge in [0.05, 0.1) is 13.7 Å². The number of carbonyl (C=O) groups excluding carboxylic acids is 2. The Kier molecular flexibility index (Phi) is 4.36. The first-order valence-corrected chi connectivity index (χ1v) is 8.71. The van der Waals surface area contributed by atoms with Crippen molar-refractivity contribution in [1.29, 1.82) is 0 Å². The van der Waals surface area contributed by atoms with Gasteiger partial charge < -0.3 is 9.64 Å². The minimum Gasteiger partial charge on any atom is -0.496 e. The predicted octanol–water partition coefficient (Wildman–Crippen LogP) is 3.55. The SMILES string of the molecule is COc1ccc(Br)cc1CN1C(=O)N(C)C2(CCCCC2)C1=O. The second kappa shape index (κ2) is 6.15. The van der Waals surface area contributed by atoms with Crippen molar-refractivity contribution in [3.05, 3.63) is 28.2 Å². The van der Waals surface area contributed by atoms with E-state index in [4.69, 9.17) is 4.74 Å². The number of imide groups is 1. The van der Waals surface area contributed by atoms with Gasteiger partial charge in [0.2, 0.25) is 0 Å². The average molecular weight is 381 g/mol. The monoisotopic (exact) mass is 380 g/mol. The number of likely N-dealkylation sites (N-methyl/N-ethyl adjacent to an activating group) is 1. The van der Waals surface area contributed by atoms with E-state index in [0.29, 0.717) is 5.75 Å². The summed E-state index contributed by atoms with van der Waals surface area (Å²) in [6.45, 7) is 0.242. The number of carbonyl (C=O) groups is 2. The molecule has 5 nitrogen and oxygen atoms in total. The lowest BCUT2D eigenvalue weighted by molar-refractivity contribution is -0.134. The van der Waals surface area contributed by atoms with E-state index in [0.717, 1.165) is 42.1 Å². The van der Waals surface area contributed by atoms with Gasteiger partial charge in [0.15, 0.2) is 0 Å². The molecule has 1 aliphatic heterocycles. The Balaban J connectivity index is 1.90. The molecule has 0 unspecified atom stereocenters. The Hall–Kier alpha value is -1.56. The maximum Gasteiger partial charge on any atom is 0.327 e. The highest BCUT2D eigenvalue weighted by Crippen LogP contribution is 2.40. The number of ether oxygens (including phenoxy) is 1. The molecule has 3 rings (SSSR count). The fourth-order valence-corrected chi connectivity index (χ4v) is 4.12. The summed E-state index contributed by atoms with van der Waals surface area (Å²) in [6, 6.07) is 5.40. The zero-order valence-electron chi connectivity index (χ0n) is 13.5. The van der Waals surface area contributed by atoms with E-state index in [1.807, 2.05) is 18.2 Å². The van der Waals surface area contributed by atoms with Crippen LogP contribution in [-0.4, -0.2) is 41.4 Å². The summed E-state index contributed by atoms with van der Waals surface area (Å²) in [6.07, 6.45) is 4.66. The number of nitrogens with zero attached hydrogens (tertiary/aromatic N) is 2. The van der Waals surface area contributed by atoms with Crippen molar-refractivity contribution in [1.82, 2.24) is 9.80 Å². The number of benzene rings is 1. The second-order valence-electron chi connectivity index (χ2n) is 6.28. The predicted molar refractivity (Wildman–Crippen MR) is 90.2 cm³/mol. The molecule has 124 valence electrons. The highest BCUT2D eigenvalue weighted by Gasteiger charge is 2.55. The van der Waals surface area contributed by atoms with Crippen LogP contribution in [0.15, 0.2) is 22.7 Å². The third kappa shape index (κ3) is 2.63. The molecule has 0 radical (unpaired) electrons. The molecule has 3 amide bonds. The maximum atomic E-state index is 13.0. The summed E-state index contributed by atoms with van der Waals surface area (Å²) in [5, 5.41) is 0. The Morgan fingerprint density at radius 2 is 1.91 bits per heavy atom. The number of methoxy groups -OCH3 is 1. The maximum absolute atomic E-state index is 13.0. The van der Waals surface area contributed by atoms with Crippen LogP contribution in [0.25, 0.3) is 0 Å². The fraction of sp³-hybridized carbons (Fsp3) is 0.529. The number of amides is 3. The minimum absolute atomic E-state index is 0.0632. The molecule has 2 aliphatic rings. The van der Waals surface area contributed by atoms with Crippen molar-refractivity contribution in [2.75, 3.05) is 14.2 Å². The van der Waals surface area contributed by atoms with Crippen LogP contribution in [-0.2, 0) is 11.3 Å². The van der Waals surface area contributed by atoms with E-state index >= 15 is 0 Å². The zero-order chi connectivity index (χ0) is 16.6. The van der Waals surface area contributed by atoms with E-state index in [1.54, 1.807) is 19.1 Å². The van der Waals surface area contributed by atoms with Gasteiger partial charge in [-0.15, -0.1) is 0 Å². The molecule has 23 heavy (non-hydrogen) atoms. The van der Waals surface area contributed by atoms with Gasteiger partial charge in [-0.3, -0.25) is 9.69 Å². The quantitative estimate of drug-likeness (QED) is 0.753. The Morgan fingerprint density at radius 3 is 2.57 bits per heavy atom. The molecule has 1 saturated heterocycles. The first-order valence-electron chi connectivity index (χ1n) is 7.92. The molecule has 0 aromatic heterocycles. The summed E-state index contributed by atoms with van der Waals surface area (Å²) >= 11 is 3.43. The van der Waals surface area contributed by atoms with Gasteiger partial charge in [-0.05, 0) is 31.0 Å². The lowest BCUT2D eigenvalue weighted by Crippen LogP contribution is -2.49. The molecular formula is C17H21BrN2O3. The summed E-state index contributed by atoms with van der Waals surface area (Å²) < 4.78 is 6.26. The smallest absolute Gasteiger partial charge is 0.327 e. The molecular weight excluding hydrogens is 360 g/mol. The number of halogens is 1. The van der Waals surface area contributed by atoms with Gasteiger partial charge in [-0.1, -0.05) is 35.2 Å². The lowest BCUT2D eigenvalue weighted by Gasteiger charge is -2.35. The molecule has 1 aromatic rings. The van der Waals surface area contributed by atoms with E-state index in [9.17, 15) is 9.59 Å². The highest BCUT2D eigenvalue weighted by molar-refractivity contribution is 9.10. The minimum atomic E-state index is -0.630. The summed E-state index contributed by atoms with van der Waals surface area (Å²) in [7, 11) is 3.35. The van der Waals surface area contributed by atoms with Gasteiger partial charge in [-0.2, -0.15) is 0 Å². The molecule has 6 heteroatoms. The Labute approximate surface area is 144 Å². The molecule has 1 spiro atoms. The average Bonchev–Trinajstić information content (AvgIpc) is 2.72. The van der Waals surface area contributed by atoms with Crippen LogP contribution < -0.4 is 4.74 Å². The molecule has 2 fully saturated rings. The van der Waals surface area contributed by atoms with E-state index in [-0.39, 0.29) is 18.5 Å². The summed E-state index contributed by atoms with van der Waals surface area (Å²) in [5.41, 5.74) is 0.194. The van der Waals surface area contributed by atoms with Gasteiger partial charge in [0.1, 0.15) is 11.3 Å². The van der Waals surface area contributed by atoms with Crippen molar-refractivity contribution in [2.24, 2.45) is 0 Å². The molecule has 1 saturated carbocycles. The van der Waals surface area contributed by atoms with E-state index < -0.39 is 5.54 Å². The molecule has 1 aromatic carbocycles. The molecule has 0 N–H and O–H groups in total. The van der Waals surface area contributed by atoms with Crippen LogP contribution in [0.2, 0.25) is 0 Å². The number of rotatable bonds is 3. The number of hydrogen-bond donors (Lipinski definition) is 0. The molecule has 0 atom stereocenters. The first kappa shape index (κ1) is 16.3. The molecule has 1 heterocycles. The normalized spacial score (nSPS) is 20.5. The highest BCUT2D eigenvalue weighted by atomic mass is 79.9. The molecule has 0 bridgehead atoms. The van der Waals surface area contributed by atoms with Crippen molar-refractivity contribution in [2.45, 2.75) is 44.2 Å². The first-order chi connectivity index (χ1) is 11.0. The van der Waals surface area contributed by atoms with Crippen LogP contribution in [0.4, 0.5) is 4.79 Å². The van der Waals surface area contributed by atoms with Crippen molar-refractivity contribution in [3.63, 3.8) is 0 Å². The third-order valence-electron chi connectivity index (χ3n) is 5.05. The van der Waals surface area contributed by atoms with Crippen molar-refractivity contribution >= 4 is 27.9 Å².